The summed E-state index contributed by atoms with van der Waals surface area (Å²) in [5.74, 6) is -1.45. The number of carbonyl (C=O) groups excluding carboxylic acids is 2. The van der Waals surface area contributed by atoms with Gasteiger partial charge >= 0.3 is 5.97 Å². The molecule has 3 aromatic rings. The van der Waals surface area contributed by atoms with Gasteiger partial charge in [-0.2, -0.15) is 4.99 Å². The summed E-state index contributed by atoms with van der Waals surface area (Å²) in [7, 11) is 1.25. The Labute approximate surface area is 138 Å². The van der Waals surface area contributed by atoms with Crippen molar-refractivity contribution in [2.24, 2.45) is 4.99 Å². The molecule has 0 N–H and O–H groups in total. The second-order valence-electron chi connectivity index (χ2n) is 4.53. The number of aromatic nitrogens is 1. The van der Waals surface area contributed by atoms with E-state index in [1.54, 1.807) is 29.6 Å². The number of hydrogen-bond acceptors (Lipinski definition) is 5. The average Bonchev–Trinajstić information content (AvgIpc) is 3.16. The minimum absolute atomic E-state index is 0.214. The molecule has 0 aliphatic heterocycles. The van der Waals surface area contributed by atoms with Crippen molar-refractivity contribution in [3.05, 3.63) is 51.2 Å². The van der Waals surface area contributed by atoms with E-state index in [-0.39, 0.29) is 16.9 Å². The van der Waals surface area contributed by atoms with Crippen LogP contribution in [-0.4, -0.2) is 23.6 Å². The minimum Gasteiger partial charge on any atom is -0.468 e. The largest absolute Gasteiger partial charge is 0.468 e. The number of rotatable bonds is 3. The van der Waals surface area contributed by atoms with Crippen LogP contribution in [0.4, 0.5) is 4.39 Å². The van der Waals surface area contributed by atoms with E-state index in [4.69, 9.17) is 0 Å². The lowest BCUT2D eigenvalue weighted by Gasteiger charge is -2.04. The van der Waals surface area contributed by atoms with E-state index in [0.717, 1.165) is 11.3 Å². The molecular formula is C15H11FN2O3S2. The predicted octanol–water partition coefficient (Wildman–Crippen LogP) is 2.82. The first kappa shape index (κ1) is 15.6. The lowest BCUT2D eigenvalue weighted by molar-refractivity contribution is -0.141. The highest BCUT2D eigenvalue weighted by atomic mass is 32.1. The molecule has 0 bridgehead atoms. The Hall–Kier alpha value is -2.32. The van der Waals surface area contributed by atoms with E-state index >= 15 is 0 Å². The summed E-state index contributed by atoms with van der Waals surface area (Å²) in [5.41, 5.74) is 0.237. The van der Waals surface area contributed by atoms with E-state index in [9.17, 15) is 14.0 Å². The maximum absolute atomic E-state index is 14.1. The molecule has 0 aliphatic rings. The van der Waals surface area contributed by atoms with Gasteiger partial charge in [-0.25, -0.2) is 4.39 Å². The number of esters is 1. The fraction of sp³-hybridized carbons (Fsp3) is 0.133. The lowest BCUT2D eigenvalue weighted by atomic mass is 10.3. The van der Waals surface area contributed by atoms with Crippen molar-refractivity contribution in [2.45, 2.75) is 6.54 Å². The maximum Gasteiger partial charge on any atom is 0.325 e. The molecule has 2 heterocycles. The van der Waals surface area contributed by atoms with Crippen molar-refractivity contribution in [2.75, 3.05) is 7.11 Å². The number of thiazole rings is 1. The van der Waals surface area contributed by atoms with E-state index in [2.05, 4.69) is 9.73 Å². The average molecular weight is 350 g/mol. The molecule has 0 atom stereocenters. The highest BCUT2D eigenvalue weighted by molar-refractivity contribution is 7.16. The number of amides is 1. The molecule has 5 nitrogen and oxygen atoms in total. The third-order valence-electron chi connectivity index (χ3n) is 3.10. The molecule has 1 amide bonds. The Morgan fingerprint density at radius 2 is 2.13 bits per heavy atom. The summed E-state index contributed by atoms with van der Waals surface area (Å²) >= 11 is 2.42. The number of fused-ring (bicyclic) bond motifs is 1. The van der Waals surface area contributed by atoms with Gasteiger partial charge in [-0.15, -0.1) is 11.3 Å². The second-order valence-corrected chi connectivity index (χ2v) is 6.48. The predicted molar refractivity (Wildman–Crippen MR) is 86.0 cm³/mol. The number of para-hydroxylation sites is 1. The minimum atomic E-state index is -0.544. The Morgan fingerprint density at radius 1 is 1.30 bits per heavy atom. The third-order valence-corrected chi connectivity index (χ3v) is 5.00. The summed E-state index contributed by atoms with van der Waals surface area (Å²) in [6, 6.07) is 8.00. The Kier molecular flexibility index (Phi) is 4.35. The molecule has 2 aromatic heterocycles. The van der Waals surface area contributed by atoms with Crippen LogP contribution in [0.2, 0.25) is 0 Å². The van der Waals surface area contributed by atoms with Gasteiger partial charge in [-0.1, -0.05) is 23.5 Å². The molecule has 1 aromatic carbocycles. The van der Waals surface area contributed by atoms with Crippen LogP contribution in [0.25, 0.3) is 10.2 Å². The van der Waals surface area contributed by atoms with Crippen LogP contribution in [0.1, 0.15) is 9.67 Å². The molecule has 0 saturated heterocycles. The number of benzene rings is 1. The molecule has 0 fully saturated rings. The van der Waals surface area contributed by atoms with Gasteiger partial charge in [0.05, 0.1) is 22.2 Å². The number of methoxy groups -OCH3 is 1. The lowest BCUT2D eigenvalue weighted by Crippen LogP contribution is -2.22. The van der Waals surface area contributed by atoms with Crippen molar-refractivity contribution in [3.8, 4) is 0 Å². The van der Waals surface area contributed by atoms with Gasteiger partial charge in [0.15, 0.2) is 4.80 Å². The molecule has 0 radical (unpaired) electrons. The fourth-order valence-corrected chi connectivity index (χ4v) is 3.70. The number of carbonyl (C=O) groups is 2. The maximum atomic E-state index is 14.1. The third kappa shape index (κ3) is 3.08. The fourth-order valence-electron chi connectivity index (χ4n) is 2.05. The van der Waals surface area contributed by atoms with Crippen molar-refractivity contribution < 1.29 is 18.7 Å². The SMILES string of the molecule is COC(=O)Cn1c(=NC(=O)c2cccs2)sc2cccc(F)c21. The van der Waals surface area contributed by atoms with Crippen LogP contribution >= 0.6 is 22.7 Å². The molecule has 118 valence electrons. The zero-order chi connectivity index (χ0) is 16.4. The molecule has 3 rings (SSSR count). The van der Waals surface area contributed by atoms with Crippen LogP contribution < -0.4 is 4.80 Å². The summed E-state index contributed by atoms with van der Waals surface area (Å²) in [6.45, 7) is -0.214. The van der Waals surface area contributed by atoms with Gasteiger partial charge < -0.3 is 9.30 Å². The highest BCUT2D eigenvalue weighted by Gasteiger charge is 2.15. The molecule has 23 heavy (non-hydrogen) atoms. The van der Waals surface area contributed by atoms with Gasteiger partial charge in [-0.3, -0.25) is 9.59 Å². The van der Waals surface area contributed by atoms with Crippen LogP contribution in [0.5, 0.6) is 0 Å². The molecule has 8 heteroatoms. The van der Waals surface area contributed by atoms with E-state index in [1.807, 2.05) is 0 Å². The van der Waals surface area contributed by atoms with E-state index in [1.165, 1.54) is 29.1 Å². The summed E-state index contributed by atoms with van der Waals surface area (Å²) in [4.78, 5) is 28.6. The zero-order valence-corrected chi connectivity index (χ0v) is 13.6. The summed E-state index contributed by atoms with van der Waals surface area (Å²) in [6.07, 6.45) is 0. The number of hydrogen-bond donors (Lipinski definition) is 0. The summed E-state index contributed by atoms with van der Waals surface area (Å²) < 4.78 is 20.7. The van der Waals surface area contributed by atoms with Crippen molar-refractivity contribution in [1.82, 2.24) is 4.57 Å². The molecule has 0 spiro atoms. The van der Waals surface area contributed by atoms with E-state index in [0.29, 0.717) is 9.58 Å². The normalized spacial score (nSPS) is 11.8. The first-order valence-corrected chi connectivity index (χ1v) is 8.27. The number of thiophene rings is 1. The monoisotopic (exact) mass is 350 g/mol. The van der Waals surface area contributed by atoms with Gasteiger partial charge in [0, 0.05) is 0 Å². The van der Waals surface area contributed by atoms with Crippen LogP contribution in [-0.2, 0) is 16.1 Å². The first-order chi connectivity index (χ1) is 11.1. The van der Waals surface area contributed by atoms with Crippen molar-refractivity contribution in [3.63, 3.8) is 0 Å². The molecule has 0 aliphatic carbocycles. The van der Waals surface area contributed by atoms with Gasteiger partial charge in [0.1, 0.15) is 12.4 Å². The van der Waals surface area contributed by atoms with Crippen molar-refractivity contribution >= 4 is 44.8 Å². The molecular weight excluding hydrogens is 339 g/mol. The Bertz CT molecular complexity index is 941. The first-order valence-electron chi connectivity index (χ1n) is 6.57. The quantitative estimate of drug-likeness (QED) is 0.683. The molecule has 0 unspecified atom stereocenters. The van der Waals surface area contributed by atoms with Gasteiger partial charge in [0.25, 0.3) is 5.91 Å². The number of ether oxygens (including phenoxy) is 1. The van der Waals surface area contributed by atoms with Crippen LogP contribution in [0.3, 0.4) is 0 Å². The van der Waals surface area contributed by atoms with Crippen molar-refractivity contribution in [1.29, 1.82) is 0 Å². The second kappa shape index (κ2) is 6.43. The van der Waals surface area contributed by atoms with Gasteiger partial charge in [0.2, 0.25) is 0 Å². The zero-order valence-electron chi connectivity index (χ0n) is 12.0. The highest BCUT2D eigenvalue weighted by Crippen LogP contribution is 2.20. The Morgan fingerprint density at radius 3 is 2.83 bits per heavy atom. The van der Waals surface area contributed by atoms with E-state index < -0.39 is 17.7 Å². The number of nitrogens with zero attached hydrogens (tertiary/aromatic N) is 2. The summed E-state index contributed by atoms with van der Waals surface area (Å²) in [5, 5.41) is 1.77. The molecule has 0 saturated carbocycles. The standard InChI is InChI=1S/C15H11FN2O3S2/c1-21-12(19)8-18-13-9(16)4-2-5-10(13)23-15(18)17-14(20)11-6-3-7-22-11/h2-7H,8H2,1H3. The topological polar surface area (TPSA) is 60.7 Å². The van der Waals surface area contributed by atoms with Gasteiger partial charge in [-0.05, 0) is 23.6 Å². The van der Waals surface area contributed by atoms with Crippen LogP contribution in [0, 0.1) is 5.82 Å². The Balaban J connectivity index is 2.19. The smallest absolute Gasteiger partial charge is 0.325 e. The number of halogens is 1. The van der Waals surface area contributed by atoms with Crippen LogP contribution in [0.15, 0.2) is 40.7 Å².